The van der Waals surface area contributed by atoms with Crippen LogP contribution in [0.25, 0.3) is 5.65 Å². The molecule has 1 amide bonds. The van der Waals surface area contributed by atoms with E-state index in [-0.39, 0.29) is 31.4 Å². The molecule has 0 aliphatic rings. The van der Waals surface area contributed by atoms with Crippen LogP contribution in [-0.2, 0) is 19.7 Å². The first-order chi connectivity index (χ1) is 18.8. The zero-order chi connectivity index (χ0) is 28.5. The molecule has 0 aliphatic carbocycles. The van der Waals surface area contributed by atoms with Crippen LogP contribution in [0.5, 0.6) is 0 Å². The molecule has 0 bridgehead atoms. The fraction of sp³-hybridized carbons (Fsp3) is 0.733. The van der Waals surface area contributed by atoms with Crippen molar-refractivity contribution in [1.29, 1.82) is 0 Å². The van der Waals surface area contributed by atoms with Crippen LogP contribution in [0.15, 0.2) is 12.2 Å². The van der Waals surface area contributed by atoms with Crippen LogP contribution < -0.4 is 5.32 Å². The number of aromatic nitrogens is 4. The molecule has 2 aromatic heterocycles. The summed E-state index contributed by atoms with van der Waals surface area (Å²) in [6, 6.07) is 0. The van der Waals surface area contributed by atoms with Gasteiger partial charge in [0.05, 0.1) is 17.5 Å². The fourth-order valence-corrected chi connectivity index (χ4v) is 4.67. The summed E-state index contributed by atoms with van der Waals surface area (Å²) in [5.41, 5.74) is 0.786. The first-order valence-corrected chi connectivity index (χ1v) is 15.3. The number of aryl methyl sites for hydroxylation is 1. The number of amides is 1. The summed E-state index contributed by atoms with van der Waals surface area (Å²) in [5.74, 6) is 0.269. The number of rotatable bonds is 21. The molecule has 0 atom stereocenters. The lowest BCUT2D eigenvalue weighted by atomic mass is 9.94. The lowest BCUT2D eigenvalue weighted by Gasteiger charge is -2.21. The highest BCUT2D eigenvalue weighted by atomic mass is 35.5. The number of hydrogen-bond donors (Lipinski definition) is 2. The fourth-order valence-electron chi connectivity index (χ4n) is 4.50. The van der Waals surface area contributed by atoms with E-state index in [4.69, 9.17) is 16.3 Å². The summed E-state index contributed by atoms with van der Waals surface area (Å²) in [4.78, 5) is 24.3. The van der Waals surface area contributed by atoms with E-state index in [1.54, 1.807) is 4.52 Å². The van der Waals surface area contributed by atoms with E-state index in [1.165, 1.54) is 57.8 Å². The standard InChI is InChI=1S/C30H50ClN5O3/c1-5-6-7-8-9-10-11-12-13-14-15-16-17-18-19-20-25(37)32-22-21-26(38)39-23-30(3,4)29-34-33-28-27(31)24(2)35-36(28)29/h12-13,35H,5-11,14-23H2,1-4H3,(H,32,37)/b13-12+. The van der Waals surface area contributed by atoms with Crippen molar-refractivity contribution < 1.29 is 14.3 Å². The largest absolute Gasteiger partial charge is 0.465 e. The molecule has 0 fully saturated rings. The van der Waals surface area contributed by atoms with Crippen molar-refractivity contribution in [3.63, 3.8) is 0 Å². The summed E-state index contributed by atoms with van der Waals surface area (Å²) >= 11 is 6.24. The van der Waals surface area contributed by atoms with E-state index in [1.807, 2.05) is 20.8 Å². The van der Waals surface area contributed by atoms with Gasteiger partial charge in [0.1, 0.15) is 11.6 Å². The van der Waals surface area contributed by atoms with Gasteiger partial charge in [0.2, 0.25) is 5.91 Å². The molecule has 0 radical (unpaired) electrons. The molecule has 0 aromatic carbocycles. The van der Waals surface area contributed by atoms with Gasteiger partial charge >= 0.3 is 5.97 Å². The molecule has 220 valence electrons. The third-order valence-corrected chi connectivity index (χ3v) is 7.44. The van der Waals surface area contributed by atoms with Gasteiger partial charge in [0, 0.05) is 13.0 Å². The SMILES string of the molecule is CCCCCCCC/C=C/CCCCCCCC(=O)NCCC(=O)OCC(C)(C)c1nnc2c(Cl)c(C)[nH]n12. The first-order valence-electron chi connectivity index (χ1n) is 14.9. The summed E-state index contributed by atoms with van der Waals surface area (Å²) < 4.78 is 7.19. The van der Waals surface area contributed by atoms with Gasteiger partial charge in [-0.15, -0.1) is 10.2 Å². The topological polar surface area (TPSA) is 101 Å². The van der Waals surface area contributed by atoms with Gasteiger partial charge in [-0.3, -0.25) is 14.7 Å². The minimum Gasteiger partial charge on any atom is -0.465 e. The monoisotopic (exact) mass is 563 g/mol. The Morgan fingerprint density at radius 1 is 0.949 bits per heavy atom. The number of aromatic amines is 1. The Kier molecular flexibility index (Phi) is 15.2. The number of carbonyl (C=O) groups excluding carboxylic acids is 2. The predicted molar refractivity (Wildman–Crippen MR) is 158 cm³/mol. The molecule has 0 unspecified atom stereocenters. The maximum atomic E-state index is 12.2. The van der Waals surface area contributed by atoms with Crippen LogP contribution >= 0.6 is 11.6 Å². The van der Waals surface area contributed by atoms with E-state index >= 15 is 0 Å². The quantitative estimate of drug-likeness (QED) is 0.0936. The maximum absolute atomic E-state index is 12.2. The molecule has 2 aromatic rings. The van der Waals surface area contributed by atoms with Crippen molar-refractivity contribution in [2.75, 3.05) is 13.2 Å². The number of nitrogens with one attached hydrogen (secondary N) is 2. The summed E-state index contributed by atoms with van der Waals surface area (Å²) in [7, 11) is 0. The van der Waals surface area contributed by atoms with Gasteiger partial charge in [-0.1, -0.05) is 82.0 Å². The predicted octanol–water partition coefficient (Wildman–Crippen LogP) is 7.38. The molecule has 2 N–H and O–H groups in total. The average molecular weight is 564 g/mol. The number of halogens is 1. The van der Waals surface area contributed by atoms with Crippen molar-refractivity contribution >= 4 is 29.1 Å². The Morgan fingerprint density at radius 2 is 1.56 bits per heavy atom. The number of H-pyrrole nitrogens is 1. The van der Waals surface area contributed by atoms with Crippen LogP contribution in [0.4, 0.5) is 0 Å². The number of carbonyl (C=O) groups is 2. The first kappa shape index (κ1) is 32.9. The van der Waals surface area contributed by atoms with E-state index in [2.05, 4.69) is 39.7 Å². The summed E-state index contributed by atoms with van der Waals surface area (Å²) in [6.07, 6.45) is 21.4. The lowest BCUT2D eigenvalue weighted by molar-refractivity contribution is -0.145. The molecule has 0 saturated carbocycles. The van der Waals surface area contributed by atoms with Crippen molar-refractivity contribution in [3.05, 3.63) is 28.7 Å². The minimum atomic E-state index is -0.567. The van der Waals surface area contributed by atoms with E-state index in [9.17, 15) is 9.59 Å². The van der Waals surface area contributed by atoms with Crippen LogP contribution in [0.1, 0.15) is 129 Å². The molecular weight excluding hydrogens is 514 g/mol. The van der Waals surface area contributed by atoms with Gasteiger partial charge in [0.15, 0.2) is 11.5 Å². The Bertz CT molecular complexity index is 1030. The van der Waals surface area contributed by atoms with Crippen molar-refractivity contribution in [2.45, 2.75) is 129 Å². The number of allylic oxidation sites excluding steroid dienone is 2. The van der Waals surface area contributed by atoms with Gasteiger partial charge in [-0.2, -0.15) is 0 Å². The number of unbranched alkanes of at least 4 members (excludes halogenated alkanes) is 11. The average Bonchev–Trinajstić information content (AvgIpc) is 3.44. The van der Waals surface area contributed by atoms with Gasteiger partial charge < -0.3 is 10.1 Å². The highest BCUT2D eigenvalue weighted by Crippen LogP contribution is 2.26. The third-order valence-electron chi connectivity index (χ3n) is 6.98. The number of fused-ring (bicyclic) bond motifs is 1. The normalized spacial score (nSPS) is 12.0. The van der Waals surface area contributed by atoms with Crippen molar-refractivity contribution in [3.8, 4) is 0 Å². The summed E-state index contributed by atoms with van der Waals surface area (Å²) in [6.45, 7) is 8.40. The molecule has 9 heteroatoms. The molecule has 2 rings (SSSR count). The second-order valence-electron chi connectivity index (χ2n) is 11.2. The van der Waals surface area contributed by atoms with E-state index < -0.39 is 5.41 Å². The van der Waals surface area contributed by atoms with Crippen LogP contribution in [0.3, 0.4) is 0 Å². The molecule has 39 heavy (non-hydrogen) atoms. The number of esters is 1. The maximum Gasteiger partial charge on any atom is 0.307 e. The molecular formula is C30H50ClN5O3. The second-order valence-corrected chi connectivity index (χ2v) is 11.6. The highest BCUT2D eigenvalue weighted by molar-refractivity contribution is 6.34. The molecule has 8 nitrogen and oxygen atoms in total. The van der Waals surface area contributed by atoms with Crippen LogP contribution in [-0.4, -0.2) is 44.8 Å². The zero-order valence-corrected chi connectivity index (χ0v) is 25.4. The number of hydrogen-bond acceptors (Lipinski definition) is 5. The smallest absolute Gasteiger partial charge is 0.307 e. The lowest BCUT2D eigenvalue weighted by Crippen LogP contribution is -2.31. The second kappa shape index (κ2) is 18.1. The molecule has 0 spiro atoms. The zero-order valence-electron chi connectivity index (χ0n) is 24.6. The van der Waals surface area contributed by atoms with Crippen molar-refractivity contribution in [2.24, 2.45) is 0 Å². The molecule has 2 heterocycles. The molecule has 0 saturated heterocycles. The van der Waals surface area contributed by atoms with E-state index in [0.29, 0.717) is 22.9 Å². The van der Waals surface area contributed by atoms with Crippen molar-refractivity contribution in [1.82, 2.24) is 25.1 Å². The van der Waals surface area contributed by atoms with Crippen LogP contribution in [0, 0.1) is 6.92 Å². The minimum absolute atomic E-state index is 0.00870. The number of nitrogens with zero attached hydrogens (tertiary/aromatic N) is 3. The highest BCUT2D eigenvalue weighted by Gasteiger charge is 2.30. The van der Waals surface area contributed by atoms with Gasteiger partial charge in [-0.25, -0.2) is 4.52 Å². The van der Waals surface area contributed by atoms with E-state index in [0.717, 1.165) is 31.4 Å². The Morgan fingerprint density at radius 3 is 2.23 bits per heavy atom. The third kappa shape index (κ3) is 12.1. The summed E-state index contributed by atoms with van der Waals surface area (Å²) in [5, 5.41) is 14.8. The Labute approximate surface area is 239 Å². The molecule has 0 aliphatic heterocycles. The number of ether oxygens (including phenoxy) is 1. The van der Waals surface area contributed by atoms with Gasteiger partial charge in [0.25, 0.3) is 0 Å². The Hall–Kier alpha value is -2.35. The van der Waals surface area contributed by atoms with Crippen LogP contribution in [0.2, 0.25) is 5.02 Å². The van der Waals surface area contributed by atoms with Gasteiger partial charge in [-0.05, 0) is 52.9 Å². The Balaban J connectivity index is 1.46.